The monoisotopic (exact) mass is 411 g/mol. The molecule has 0 saturated heterocycles. The van der Waals surface area contributed by atoms with Crippen LogP contribution in [-0.2, 0) is 0 Å². The summed E-state index contributed by atoms with van der Waals surface area (Å²) in [6.07, 6.45) is 7.55. The highest BCUT2D eigenvalue weighted by atomic mass is 15.2. The maximum absolute atomic E-state index is 4.69. The van der Waals surface area contributed by atoms with Gasteiger partial charge in [-0.05, 0) is 48.5 Å². The summed E-state index contributed by atoms with van der Waals surface area (Å²) in [4.78, 5) is 9.07. The zero-order chi connectivity index (χ0) is 22.1. The molecule has 2 aromatic carbocycles. The minimum atomic E-state index is 0.671. The first-order valence-electron chi connectivity index (χ1n) is 10.3. The minimum Gasteiger partial charge on any atom is -0.364 e. The summed E-state index contributed by atoms with van der Waals surface area (Å²) in [5.41, 5.74) is 4.17. The SMILES string of the molecule is C=CCN(CC=C)c1ccc(-c2n[nH]c(-c3ccc(N(CC=C)CC=C)cc3)n2)cc1. The van der Waals surface area contributed by atoms with E-state index < -0.39 is 0 Å². The van der Waals surface area contributed by atoms with Crippen LogP contribution in [0.3, 0.4) is 0 Å². The fourth-order valence-electron chi connectivity index (χ4n) is 3.37. The fourth-order valence-corrected chi connectivity index (χ4v) is 3.37. The Labute approximate surface area is 184 Å². The lowest BCUT2D eigenvalue weighted by Gasteiger charge is -2.21. The number of hydrogen-bond acceptors (Lipinski definition) is 4. The van der Waals surface area contributed by atoms with Crippen molar-refractivity contribution in [3.8, 4) is 22.8 Å². The molecule has 158 valence electrons. The van der Waals surface area contributed by atoms with Crippen molar-refractivity contribution in [1.82, 2.24) is 15.2 Å². The second-order valence-electron chi connectivity index (χ2n) is 7.07. The van der Waals surface area contributed by atoms with E-state index in [1.165, 1.54) is 0 Å². The molecule has 5 nitrogen and oxygen atoms in total. The number of H-pyrrole nitrogens is 1. The molecule has 5 heteroatoms. The second-order valence-corrected chi connectivity index (χ2v) is 7.07. The van der Waals surface area contributed by atoms with E-state index in [2.05, 4.69) is 75.6 Å². The van der Waals surface area contributed by atoms with Crippen LogP contribution in [0.2, 0.25) is 0 Å². The molecule has 3 rings (SSSR count). The molecule has 1 N–H and O–H groups in total. The number of hydrogen-bond donors (Lipinski definition) is 1. The van der Waals surface area contributed by atoms with Crippen LogP contribution < -0.4 is 9.80 Å². The zero-order valence-electron chi connectivity index (χ0n) is 17.9. The summed E-state index contributed by atoms with van der Waals surface area (Å²) in [6.45, 7) is 18.4. The van der Waals surface area contributed by atoms with Gasteiger partial charge in [0.15, 0.2) is 11.6 Å². The number of nitrogens with one attached hydrogen (secondary N) is 1. The zero-order valence-corrected chi connectivity index (χ0v) is 17.9. The van der Waals surface area contributed by atoms with Crippen molar-refractivity contribution < 1.29 is 0 Å². The van der Waals surface area contributed by atoms with Gasteiger partial charge in [-0.25, -0.2) is 4.98 Å². The molecule has 0 amide bonds. The molecule has 0 saturated carbocycles. The van der Waals surface area contributed by atoms with Crippen molar-refractivity contribution in [3.63, 3.8) is 0 Å². The Morgan fingerprint density at radius 2 is 1.06 bits per heavy atom. The first kappa shape index (κ1) is 21.8. The van der Waals surface area contributed by atoms with Gasteiger partial charge in [0.2, 0.25) is 0 Å². The van der Waals surface area contributed by atoms with Crippen LogP contribution in [0.5, 0.6) is 0 Å². The van der Waals surface area contributed by atoms with Crippen molar-refractivity contribution in [2.75, 3.05) is 36.0 Å². The first-order valence-corrected chi connectivity index (χ1v) is 10.3. The topological polar surface area (TPSA) is 48.1 Å². The quantitative estimate of drug-likeness (QED) is 0.400. The van der Waals surface area contributed by atoms with Crippen molar-refractivity contribution in [3.05, 3.63) is 99.2 Å². The summed E-state index contributed by atoms with van der Waals surface area (Å²) >= 11 is 0. The molecule has 1 heterocycles. The molecule has 1 aromatic heterocycles. The van der Waals surface area contributed by atoms with Gasteiger partial charge in [-0.2, -0.15) is 5.10 Å². The molecule has 0 unspecified atom stereocenters. The van der Waals surface area contributed by atoms with Gasteiger partial charge in [0, 0.05) is 48.7 Å². The molecule has 0 aliphatic rings. The Kier molecular flexibility index (Phi) is 7.60. The molecule has 3 aromatic rings. The van der Waals surface area contributed by atoms with E-state index in [0.717, 1.165) is 54.5 Å². The molecule has 0 radical (unpaired) electrons. The minimum absolute atomic E-state index is 0.671. The van der Waals surface area contributed by atoms with Crippen molar-refractivity contribution in [1.29, 1.82) is 0 Å². The van der Waals surface area contributed by atoms with E-state index >= 15 is 0 Å². The van der Waals surface area contributed by atoms with Gasteiger partial charge in [-0.15, -0.1) is 26.3 Å². The average molecular weight is 412 g/mol. The largest absolute Gasteiger partial charge is 0.364 e. The van der Waals surface area contributed by atoms with Gasteiger partial charge in [0.25, 0.3) is 0 Å². The van der Waals surface area contributed by atoms with E-state index in [-0.39, 0.29) is 0 Å². The van der Waals surface area contributed by atoms with Gasteiger partial charge in [-0.3, -0.25) is 5.10 Å². The lowest BCUT2D eigenvalue weighted by Crippen LogP contribution is -2.22. The van der Waals surface area contributed by atoms with E-state index in [1.54, 1.807) is 0 Å². The number of nitrogens with zero attached hydrogens (tertiary/aromatic N) is 4. The second kappa shape index (κ2) is 10.8. The van der Waals surface area contributed by atoms with Gasteiger partial charge in [-0.1, -0.05) is 24.3 Å². The van der Waals surface area contributed by atoms with Crippen LogP contribution in [0.15, 0.2) is 99.2 Å². The summed E-state index contributed by atoms with van der Waals surface area (Å²) in [5.74, 6) is 1.41. The van der Waals surface area contributed by atoms with Gasteiger partial charge in [0.05, 0.1) is 0 Å². The fraction of sp³-hybridized carbons (Fsp3) is 0.154. The highest BCUT2D eigenvalue weighted by Gasteiger charge is 2.10. The van der Waals surface area contributed by atoms with E-state index in [1.807, 2.05) is 48.6 Å². The van der Waals surface area contributed by atoms with Crippen molar-refractivity contribution >= 4 is 11.4 Å². The van der Waals surface area contributed by atoms with Gasteiger partial charge >= 0.3 is 0 Å². The van der Waals surface area contributed by atoms with Crippen LogP contribution in [0, 0.1) is 0 Å². The molecule has 0 spiro atoms. The average Bonchev–Trinajstić information content (AvgIpc) is 3.29. The lowest BCUT2D eigenvalue weighted by molar-refractivity contribution is 0.957. The van der Waals surface area contributed by atoms with E-state index in [9.17, 15) is 0 Å². The first-order chi connectivity index (χ1) is 15.2. The highest BCUT2D eigenvalue weighted by Crippen LogP contribution is 2.25. The summed E-state index contributed by atoms with van der Waals surface area (Å²) in [6, 6.07) is 16.5. The predicted molar refractivity (Wildman–Crippen MR) is 132 cm³/mol. The van der Waals surface area contributed by atoms with Crippen LogP contribution >= 0.6 is 0 Å². The van der Waals surface area contributed by atoms with Crippen LogP contribution in [0.25, 0.3) is 22.8 Å². The predicted octanol–water partition coefficient (Wildman–Crippen LogP) is 5.50. The number of aromatic nitrogens is 3. The maximum atomic E-state index is 4.69. The van der Waals surface area contributed by atoms with E-state index in [4.69, 9.17) is 0 Å². The van der Waals surface area contributed by atoms with Crippen LogP contribution in [0.1, 0.15) is 0 Å². The Morgan fingerprint density at radius 3 is 1.48 bits per heavy atom. The molecule has 0 fully saturated rings. The Morgan fingerprint density at radius 1 is 0.645 bits per heavy atom. The molecule has 0 bridgehead atoms. The maximum Gasteiger partial charge on any atom is 0.181 e. The van der Waals surface area contributed by atoms with Gasteiger partial charge in [0.1, 0.15) is 0 Å². The smallest absolute Gasteiger partial charge is 0.181 e. The van der Waals surface area contributed by atoms with Crippen LogP contribution in [0.4, 0.5) is 11.4 Å². The molecule has 0 atom stereocenters. The summed E-state index contributed by atoms with van der Waals surface area (Å²) < 4.78 is 0. The molecule has 31 heavy (non-hydrogen) atoms. The third-order valence-electron chi connectivity index (χ3n) is 4.88. The normalized spacial score (nSPS) is 10.3. The lowest BCUT2D eigenvalue weighted by atomic mass is 10.1. The third kappa shape index (κ3) is 5.39. The Balaban J connectivity index is 1.76. The Hall–Kier alpha value is -3.86. The van der Waals surface area contributed by atoms with Crippen molar-refractivity contribution in [2.24, 2.45) is 0 Å². The highest BCUT2D eigenvalue weighted by molar-refractivity contribution is 5.65. The number of aromatic amines is 1. The molecular weight excluding hydrogens is 382 g/mol. The summed E-state index contributed by atoms with van der Waals surface area (Å²) in [7, 11) is 0. The van der Waals surface area contributed by atoms with Crippen LogP contribution in [-0.4, -0.2) is 41.4 Å². The molecule has 0 aliphatic carbocycles. The molecular formula is C26H29N5. The molecule has 0 aliphatic heterocycles. The third-order valence-corrected chi connectivity index (χ3v) is 4.88. The Bertz CT molecular complexity index is 913. The van der Waals surface area contributed by atoms with Crippen molar-refractivity contribution in [2.45, 2.75) is 0 Å². The number of benzene rings is 2. The number of rotatable bonds is 12. The van der Waals surface area contributed by atoms with E-state index in [0.29, 0.717) is 5.82 Å². The number of anilines is 2. The van der Waals surface area contributed by atoms with Gasteiger partial charge < -0.3 is 9.80 Å². The summed E-state index contributed by atoms with van der Waals surface area (Å²) in [5, 5.41) is 7.46. The standard InChI is InChI=1S/C26H29N5/c1-5-17-30(18-6-2)23-13-9-21(10-14-23)25-27-26(29-28-25)22-11-15-24(16-12-22)31(19-7-3)20-8-4/h5-16H,1-4,17-20H2,(H,27,28,29).